The molecule has 0 bridgehead atoms. The number of unbranched alkanes of at least 4 members (excludes halogenated alkanes) is 23. The van der Waals surface area contributed by atoms with Crippen molar-refractivity contribution in [2.24, 2.45) is 0 Å². The molecule has 0 fully saturated rings. The first-order chi connectivity index (χ1) is 23.2. The highest BCUT2D eigenvalue weighted by molar-refractivity contribution is 5.70. The monoisotopic (exact) mass is 685 g/mol. The summed E-state index contributed by atoms with van der Waals surface area (Å²) in [5, 5.41) is 16.3. The van der Waals surface area contributed by atoms with Crippen molar-refractivity contribution >= 4 is 23.9 Å². The number of carbonyl (C=O) groups excluding carboxylic acids is 2. The fourth-order valence-electron chi connectivity index (χ4n) is 5.53. The molecule has 1 atom stereocenters. The number of hydrogen-bond donors (Lipinski definition) is 2. The van der Waals surface area contributed by atoms with Crippen molar-refractivity contribution in [1.29, 1.82) is 0 Å². The maximum atomic E-state index is 12.0. The van der Waals surface area contributed by atoms with E-state index in [1.54, 1.807) is 0 Å². The van der Waals surface area contributed by atoms with Gasteiger partial charge in [-0.25, -0.2) is 0 Å². The Morgan fingerprint density at radius 2 is 0.729 bits per heavy atom. The first-order valence-corrected chi connectivity index (χ1v) is 20.0. The van der Waals surface area contributed by atoms with Gasteiger partial charge in [0.25, 0.3) is 0 Å². The van der Waals surface area contributed by atoms with Gasteiger partial charge >= 0.3 is 23.9 Å². The van der Waals surface area contributed by atoms with Crippen LogP contribution in [0.1, 0.15) is 220 Å². The number of carboxylic acids is 2. The number of hydrogen-bond acceptors (Lipinski definition) is 6. The lowest BCUT2D eigenvalue weighted by atomic mass is 10.0. The van der Waals surface area contributed by atoms with Crippen LogP contribution in [0.25, 0.3) is 0 Å². The van der Waals surface area contributed by atoms with Gasteiger partial charge in [0.2, 0.25) is 0 Å². The first-order valence-electron chi connectivity index (χ1n) is 20.0. The zero-order chi connectivity index (χ0) is 35.9. The molecule has 0 amide bonds. The van der Waals surface area contributed by atoms with Crippen molar-refractivity contribution in [3.63, 3.8) is 0 Å². The summed E-state index contributed by atoms with van der Waals surface area (Å²) < 4.78 is 10.8. The lowest BCUT2D eigenvalue weighted by Crippen LogP contribution is -2.18. The van der Waals surface area contributed by atoms with Crippen LogP contribution in [0.2, 0.25) is 0 Å². The van der Waals surface area contributed by atoms with Crippen LogP contribution in [0.15, 0.2) is 0 Å². The second-order valence-electron chi connectivity index (χ2n) is 13.6. The standard InChI is InChI=1S/C34H66O4.C6H10O4/c1-4-6-8-10-12-14-16-17-19-20-22-24-26-28-33(35)37-31-30-32(3)38-34(36)29-27-25-23-21-18-15-13-11-9-7-5-2;7-5(8)3-1-2-4-6(9)10/h32H,4-31H2,1-3H3;1-4H2,(H,7,8)(H,9,10). The van der Waals surface area contributed by atoms with E-state index in [0.29, 0.717) is 38.7 Å². The molecule has 0 aromatic heterocycles. The molecule has 8 nitrogen and oxygen atoms in total. The van der Waals surface area contributed by atoms with Crippen molar-refractivity contribution in [2.45, 2.75) is 226 Å². The smallest absolute Gasteiger partial charge is 0.306 e. The fraction of sp³-hybridized carbons (Fsp3) is 0.900. The number of aliphatic carboxylic acids is 2. The summed E-state index contributed by atoms with van der Waals surface area (Å²) in [5.74, 6) is -1.98. The lowest BCUT2D eigenvalue weighted by Gasteiger charge is -2.13. The van der Waals surface area contributed by atoms with Crippen molar-refractivity contribution in [3.05, 3.63) is 0 Å². The normalized spacial score (nSPS) is 11.4. The minimum atomic E-state index is -0.870. The fourth-order valence-corrected chi connectivity index (χ4v) is 5.53. The third-order valence-corrected chi connectivity index (χ3v) is 8.62. The highest BCUT2D eigenvalue weighted by Crippen LogP contribution is 2.14. The van der Waals surface area contributed by atoms with Gasteiger partial charge in [-0.05, 0) is 32.6 Å². The van der Waals surface area contributed by atoms with Crippen LogP contribution >= 0.6 is 0 Å². The van der Waals surface area contributed by atoms with Crippen LogP contribution in [0.4, 0.5) is 0 Å². The molecule has 0 saturated carbocycles. The summed E-state index contributed by atoms with van der Waals surface area (Å²) in [6, 6.07) is 0. The molecule has 0 rings (SSSR count). The summed E-state index contributed by atoms with van der Waals surface area (Å²) in [7, 11) is 0. The molecule has 0 aliphatic rings. The number of ether oxygens (including phenoxy) is 2. The van der Waals surface area contributed by atoms with Crippen molar-refractivity contribution < 1.29 is 38.9 Å². The molecule has 0 aromatic rings. The molecule has 284 valence electrons. The Hall–Kier alpha value is -2.12. The molecule has 8 heteroatoms. The zero-order valence-electron chi connectivity index (χ0n) is 31.5. The van der Waals surface area contributed by atoms with E-state index in [1.165, 1.54) is 128 Å². The average Bonchev–Trinajstić information content (AvgIpc) is 3.04. The van der Waals surface area contributed by atoms with Gasteiger partial charge in [-0.3, -0.25) is 19.2 Å². The minimum Gasteiger partial charge on any atom is -0.481 e. The van der Waals surface area contributed by atoms with Crippen LogP contribution in [0.3, 0.4) is 0 Å². The molecule has 48 heavy (non-hydrogen) atoms. The predicted octanol–water partition coefficient (Wildman–Crippen LogP) is 11.7. The van der Waals surface area contributed by atoms with Gasteiger partial charge in [-0.1, -0.05) is 155 Å². The largest absolute Gasteiger partial charge is 0.481 e. The molecule has 2 N–H and O–H groups in total. The molecule has 0 saturated heterocycles. The summed E-state index contributed by atoms with van der Waals surface area (Å²) in [5.41, 5.74) is 0. The molecule has 0 radical (unpaired) electrons. The molecular formula is C40H76O8. The Bertz CT molecular complexity index is 723. The van der Waals surface area contributed by atoms with E-state index in [9.17, 15) is 19.2 Å². The zero-order valence-corrected chi connectivity index (χ0v) is 31.5. The Labute approximate surface area is 294 Å². The van der Waals surface area contributed by atoms with Gasteiger partial charge < -0.3 is 19.7 Å². The van der Waals surface area contributed by atoms with E-state index in [4.69, 9.17) is 19.7 Å². The minimum absolute atomic E-state index is 0.0628. The van der Waals surface area contributed by atoms with Crippen LogP contribution in [0, 0.1) is 0 Å². The van der Waals surface area contributed by atoms with Gasteiger partial charge in [0, 0.05) is 32.1 Å². The van der Waals surface area contributed by atoms with Gasteiger partial charge in [-0.15, -0.1) is 0 Å². The van der Waals surface area contributed by atoms with Crippen LogP contribution in [0.5, 0.6) is 0 Å². The van der Waals surface area contributed by atoms with Crippen LogP contribution in [-0.4, -0.2) is 46.8 Å². The summed E-state index contributed by atoms with van der Waals surface area (Å²) >= 11 is 0. The SMILES string of the molecule is CCCCCCCCCCCCCCCC(=O)OCCC(C)OC(=O)CCCCCCCCCCCCC.O=C(O)CCCCC(=O)O. The molecule has 0 aliphatic heterocycles. The maximum absolute atomic E-state index is 12.0. The Morgan fingerprint density at radius 3 is 1.06 bits per heavy atom. The second-order valence-corrected chi connectivity index (χ2v) is 13.6. The number of carbonyl (C=O) groups is 4. The van der Waals surface area contributed by atoms with Crippen LogP contribution < -0.4 is 0 Å². The molecule has 1 unspecified atom stereocenters. The Morgan fingerprint density at radius 1 is 0.438 bits per heavy atom. The van der Waals surface area contributed by atoms with Crippen molar-refractivity contribution in [2.75, 3.05) is 6.61 Å². The number of rotatable bonds is 35. The van der Waals surface area contributed by atoms with Gasteiger partial charge in [0.05, 0.1) is 6.61 Å². The number of esters is 2. The average molecular weight is 685 g/mol. The molecule has 0 heterocycles. The summed E-state index contributed by atoms with van der Waals surface area (Å²) in [6.45, 7) is 6.75. The van der Waals surface area contributed by atoms with E-state index < -0.39 is 11.9 Å². The quantitative estimate of drug-likeness (QED) is 0.0498. The molecular weight excluding hydrogens is 608 g/mol. The number of carboxylic acid groups (broad SMARTS) is 2. The van der Waals surface area contributed by atoms with Crippen molar-refractivity contribution in [3.8, 4) is 0 Å². The van der Waals surface area contributed by atoms with Gasteiger partial charge in [-0.2, -0.15) is 0 Å². The van der Waals surface area contributed by atoms with Crippen LogP contribution in [-0.2, 0) is 28.7 Å². The Kier molecular flexibility index (Phi) is 39.3. The highest BCUT2D eigenvalue weighted by atomic mass is 16.6. The predicted molar refractivity (Wildman–Crippen MR) is 196 cm³/mol. The Balaban J connectivity index is 0. The third-order valence-electron chi connectivity index (χ3n) is 8.62. The second kappa shape index (κ2) is 39.3. The van der Waals surface area contributed by atoms with E-state index in [-0.39, 0.29) is 30.9 Å². The van der Waals surface area contributed by atoms with E-state index in [0.717, 1.165) is 25.7 Å². The van der Waals surface area contributed by atoms with Gasteiger partial charge in [0.15, 0.2) is 0 Å². The lowest BCUT2D eigenvalue weighted by molar-refractivity contribution is -0.150. The van der Waals surface area contributed by atoms with Gasteiger partial charge in [0.1, 0.15) is 6.10 Å². The van der Waals surface area contributed by atoms with Crippen molar-refractivity contribution in [1.82, 2.24) is 0 Å². The topological polar surface area (TPSA) is 127 Å². The molecule has 0 aromatic carbocycles. The first kappa shape index (κ1) is 48.0. The summed E-state index contributed by atoms with van der Waals surface area (Å²) in [4.78, 5) is 43.8. The van der Waals surface area contributed by atoms with E-state index in [1.807, 2.05) is 6.92 Å². The molecule has 0 spiro atoms. The van der Waals surface area contributed by atoms with E-state index in [2.05, 4.69) is 13.8 Å². The maximum Gasteiger partial charge on any atom is 0.306 e. The van der Waals surface area contributed by atoms with E-state index >= 15 is 0 Å². The summed E-state index contributed by atoms with van der Waals surface area (Å²) in [6.07, 6.45) is 33.4. The highest BCUT2D eigenvalue weighted by Gasteiger charge is 2.11. The third kappa shape index (κ3) is 43.9. The molecule has 0 aliphatic carbocycles.